The molecule has 0 aliphatic rings. The van der Waals surface area contributed by atoms with E-state index in [1.807, 2.05) is 0 Å². The normalized spacial score (nSPS) is 14.9. The minimum Gasteiger partial charge on any atom is -0.419 e. The number of sulfonamides is 1. The van der Waals surface area contributed by atoms with E-state index >= 15 is 0 Å². The van der Waals surface area contributed by atoms with Crippen LogP contribution in [0.3, 0.4) is 0 Å². The molecule has 2 unspecified atom stereocenters. The Balaban J connectivity index is 3.15. The lowest BCUT2D eigenvalue weighted by atomic mass is 10.3. The number of alkyl halides is 3. The van der Waals surface area contributed by atoms with E-state index < -0.39 is 44.2 Å². The average Bonchev–Trinajstić information content (AvgIpc) is 2.65. The number of nitro benzene ring substituents is 1. The number of likely N-dealkylation sites (N-methyl/N-ethyl adjacent to an activating group) is 1. The van der Waals surface area contributed by atoms with Gasteiger partial charge in [-0.1, -0.05) is 25.2 Å². The molecule has 1 amide bonds. The minimum absolute atomic E-state index is 0.0425. The van der Waals surface area contributed by atoms with Crippen molar-refractivity contribution in [2.45, 2.75) is 31.0 Å². The number of benzene rings is 1. The van der Waals surface area contributed by atoms with Crippen LogP contribution in [0, 0.1) is 10.1 Å². The van der Waals surface area contributed by atoms with Crippen molar-refractivity contribution >= 4 is 45.6 Å². The van der Waals surface area contributed by atoms with Gasteiger partial charge in [-0.15, -0.1) is 4.49 Å². The van der Waals surface area contributed by atoms with Crippen LogP contribution in [0.2, 0.25) is 0 Å². The van der Waals surface area contributed by atoms with Crippen LogP contribution in [0.15, 0.2) is 24.3 Å². The van der Waals surface area contributed by atoms with Gasteiger partial charge in [-0.2, -0.15) is 13.2 Å². The first-order valence-corrected chi connectivity index (χ1v) is 12.8. The second-order valence-electron chi connectivity index (χ2n) is 5.85. The third kappa shape index (κ3) is 6.92. The maximum absolute atomic E-state index is 13.1. The summed E-state index contributed by atoms with van der Waals surface area (Å²) in [5.74, 6) is -3.73. The second kappa shape index (κ2) is 9.97. The number of rotatable bonds is 8. The molecule has 0 fully saturated rings. The SMILES string of the molecule is CCC(C)SP(=O)(NS(=O)(=O)C(F)(F)F)N(C)C(=O)C(=O)Oc1ccc([N+](=O)[O-])cc1. The summed E-state index contributed by atoms with van der Waals surface area (Å²) in [7, 11) is -5.45. The smallest absolute Gasteiger partial charge is 0.419 e. The molecule has 0 saturated heterocycles. The maximum Gasteiger partial charge on any atom is 0.511 e. The molecular formula is C14H17F3N3O8PS2. The van der Waals surface area contributed by atoms with Crippen molar-refractivity contribution in [2.75, 3.05) is 7.05 Å². The Hall–Kier alpha value is -2.16. The zero-order valence-corrected chi connectivity index (χ0v) is 18.7. The van der Waals surface area contributed by atoms with E-state index in [9.17, 15) is 45.9 Å². The summed E-state index contributed by atoms with van der Waals surface area (Å²) in [6.07, 6.45) is 0.248. The largest absolute Gasteiger partial charge is 0.511 e. The van der Waals surface area contributed by atoms with Crippen LogP contribution >= 0.6 is 18.0 Å². The van der Waals surface area contributed by atoms with Crippen LogP contribution in [-0.4, -0.2) is 47.7 Å². The van der Waals surface area contributed by atoms with Crippen molar-refractivity contribution in [3.05, 3.63) is 34.4 Å². The van der Waals surface area contributed by atoms with E-state index in [-0.39, 0.29) is 33.9 Å². The monoisotopic (exact) mass is 507 g/mol. The Labute approximate surface area is 178 Å². The van der Waals surface area contributed by atoms with E-state index in [0.717, 1.165) is 28.8 Å². The zero-order valence-electron chi connectivity index (χ0n) is 16.2. The molecule has 0 aliphatic carbocycles. The number of ether oxygens (including phenoxy) is 1. The molecule has 0 aromatic heterocycles. The van der Waals surface area contributed by atoms with Gasteiger partial charge in [0.05, 0.1) is 4.92 Å². The van der Waals surface area contributed by atoms with Gasteiger partial charge in [-0.05, 0) is 18.6 Å². The van der Waals surface area contributed by atoms with Gasteiger partial charge < -0.3 is 4.74 Å². The lowest BCUT2D eigenvalue weighted by Crippen LogP contribution is -2.41. The Bertz CT molecular complexity index is 1000. The molecule has 0 saturated carbocycles. The number of esters is 1. The first-order valence-electron chi connectivity index (χ1n) is 8.17. The predicted octanol–water partition coefficient (Wildman–Crippen LogP) is 3.04. The minimum atomic E-state index is -6.13. The third-order valence-corrected chi connectivity index (χ3v) is 11.3. The van der Waals surface area contributed by atoms with E-state index in [2.05, 4.69) is 4.74 Å². The Kier molecular flexibility index (Phi) is 8.65. The number of nitrogens with one attached hydrogen (secondary N) is 1. The molecule has 174 valence electrons. The highest BCUT2D eigenvalue weighted by molar-refractivity contribution is 8.58. The van der Waals surface area contributed by atoms with Gasteiger partial charge >= 0.3 is 34.1 Å². The lowest BCUT2D eigenvalue weighted by Gasteiger charge is -2.29. The van der Waals surface area contributed by atoms with Crippen molar-refractivity contribution in [1.82, 2.24) is 9.16 Å². The molecule has 0 spiro atoms. The van der Waals surface area contributed by atoms with Crippen LogP contribution in [0.5, 0.6) is 5.75 Å². The van der Waals surface area contributed by atoms with Crippen molar-refractivity contribution in [3.63, 3.8) is 0 Å². The average molecular weight is 507 g/mol. The standard InChI is InChI=1S/C14H17F3N3O8PS2/c1-4-9(2)30-29(25,18-31(26,27)14(15,16)17)19(3)12(21)13(22)28-11-7-5-10(6-8-11)20(23)24/h5-9H,4H2,1-3H3,(H,18,25). The quantitative estimate of drug-likeness (QED) is 0.140. The van der Waals surface area contributed by atoms with Crippen molar-refractivity contribution < 1.29 is 45.4 Å². The first kappa shape index (κ1) is 26.9. The first-order chi connectivity index (χ1) is 14.0. The number of carbonyl (C=O) groups excluding carboxylic acids is 2. The molecule has 11 nitrogen and oxygen atoms in total. The highest BCUT2D eigenvalue weighted by Crippen LogP contribution is 2.60. The summed E-state index contributed by atoms with van der Waals surface area (Å²) in [6, 6.07) is 3.86. The summed E-state index contributed by atoms with van der Waals surface area (Å²) in [6.45, 7) is -1.89. The summed E-state index contributed by atoms with van der Waals surface area (Å²) in [5, 5.41) is 9.94. The fourth-order valence-electron chi connectivity index (χ4n) is 1.71. The number of hydrogen-bond acceptors (Lipinski definition) is 9. The van der Waals surface area contributed by atoms with Crippen LogP contribution < -0.4 is 9.23 Å². The molecular weight excluding hydrogens is 490 g/mol. The lowest BCUT2D eigenvalue weighted by molar-refractivity contribution is -0.384. The van der Waals surface area contributed by atoms with Crippen LogP contribution in [0.25, 0.3) is 0 Å². The number of carbonyl (C=O) groups is 2. The van der Waals surface area contributed by atoms with Crippen LogP contribution in [0.1, 0.15) is 20.3 Å². The number of hydrogen-bond donors (Lipinski definition) is 1. The molecule has 1 N–H and O–H groups in total. The van der Waals surface area contributed by atoms with Crippen LogP contribution in [0.4, 0.5) is 18.9 Å². The fourth-order valence-corrected chi connectivity index (χ4v) is 8.93. The fraction of sp³-hybridized carbons (Fsp3) is 0.429. The van der Waals surface area contributed by atoms with E-state index in [0.29, 0.717) is 7.05 Å². The number of nitrogens with zero attached hydrogens (tertiary/aromatic N) is 2. The number of nitro groups is 1. The zero-order chi connectivity index (χ0) is 24.2. The molecule has 0 aliphatic heterocycles. The molecule has 31 heavy (non-hydrogen) atoms. The van der Waals surface area contributed by atoms with Gasteiger partial charge in [0.15, 0.2) is 0 Å². The topological polar surface area (TPSA) is 153 Å². The van der Waals surface area contributed by atoms with Crippen molar-refractivity contribution in [2.24, 2.45) is 0 Å². The van der Waals surface area contributed by atoms with E-state index in [1.165, 1.54) is 6.92 Å². The van der Waals surface area contributed by atoms with Gasteiger partial charge in [0, 0.05) is 24.4 Å². The van der Waals surface area contributed by atoms with Gasteiger partial charge in [0.1, 0.15) is 5.75 Å². The van der Waals surface area contributed by atoms with E-state index in [4.69, 9.17) is 0 Å². The highest BCUT2D eigenvalue weighted by atomic mass is 32.7. The maximum atomic E-state index is 13.1. The molecule has 2 atom stereocenters. The Morgan fingerprint density at radius 1 is 1.32 bits per heavy atom. The Morgan fingerprint density at radius 2 is 1.84 bits per heavy atom. The molecule has 1 rings (SSSR count). The van der Waals surface area contributed by atoms with Gasteiger partial charge in [-0.25, -0.2) is 13.2 Å². The summed E-state index contributed by atoms with van der Waals surface area (Å²) in [4.78, 5) is 34.2. The van der Waals surface area contributed by atoms with Crippen LogP contribution in [-0.2, 0) is 24.2 Å². The predicted molar refractivity (Wildman–Crippen MR) is 105 cm³/mol. The van der Waals surface area contributed by atoms with E-state index in [1.54, 1.807) is 6.92 Å². The van der Waals surface area contributed by atoms with Gasteiger partial charge in [0.2, 0.25) is 0 Å². The number of halogens is 3. The summed E-state index contributed by atoms with van der Waals surface area (Å²) >= 11 is 0.243. The Morgan fingerprint density at radius 3 is 2.26 bits per heavy atom. The van der Waals surface area contributed by atoms with Gasteiger partial charge in [0.25, 0.3) is 5.69 Å². The summed E-state index contributed by atoms with van der Waals surface area (Å²) < 4.78 is 80.0. The number of amides is 1. The number of non-ortho nitro benzene ring substituents is 1. The third-order valence-electron chi connectivity index (χ3n) is 3.56. The van der Waals surface area contributed by atoms with Crippen molar-refractivity contribution in [1.29, 1.82) is 0 Å². The second-order valence-corrected chi connectivity index (χ2v) is 12.8. The van der Waals surface area contributed by atoms with Crippen molar-refractivity contribution in [3.8, 4) is 5.75 Å². The molecule has 1 aromatic rings. The molecule has 0 radical (unpaired) electrons. The molecule has 0 heterocycles. The molecule has 1 aromatic carbocycles. The highest BCUT2D eigenvalue weighted by Gasteiger charge is 2.52. The summed E-state index contributed by atoms with van der Waals surface area (Å²) in [5.41, 5.74) is -6.17. The van der Waals surface area contributed by atoms with Gasteiger partial charge in [-0.3, -0.25) is 24.1 Å². The molecule has 17 heteroatoms. The molecule has 0 bridgehead atoms.